The standard InChI is InChI=1S/C43H87N2/c1-6-8-10-12-14-16-18-20-22-24-26-28-30-32-34-36-38-43(40-42(3)44)41-45(4,5)39-37-35-33-31-29-27-25-23-21-19-17-15-13-11-9-7-2/h20-23,42-43H,6-19,24-41,44H2,1-5H3/q+1/b22-20-,23-21-. The van der Waals surface area contributed by atoms with Gasteiger partial charge < -0.3 is 10.2 Å². The maximum absolute atomic E-state index is 6.30. The Morgan fingerprint density at radius 1 is 0.467 bits per heavy atom. The van der Waals surface area contributed by atoms with Gasteiger partial charge in [0.15, 0.2) is 0 Å². The summed E-state index contributed by atoms with van der Waals surface area (Å²) in [7, 11) is 4.93. The molecule has 2 atom stereocenters. The number of unbranched alkanes of at least 4 members (excludes halogenated alkanes) is 24. The fourth-order valence-corrected chi connectivity index (χ4v) is 7.07. The first-order valence-corrected chi connectivity index (χ1v) is 20.8. The Kier molecular flexibility index (Phi) is 34.3. The third kappa shape index (κ3) is 36.1. The minimum Gasteiger partial charge on any atom is -0.328 e. The maximum atomic E-state index is 6.30. The highest BCUT2D eigenvalue weighted by atomic mass is 15.3. The fraction of sp³-hybridized carbons (Fsp3) is 0.907. The quantitative estimate of drug-likeness (QED) is 0.0415. The molecule has 2 nitrogen and oxygen atoms in total. The van der Waals surface area contributed by atoms with Gasteiger partial charge in [-0.3, -0.25) is 0 Å². The molecule has 2 unspecified atom stereocenters. The van der Waals surface area contributed by atoms with Crippen molar-refractivity contribution in [3.63, 3.8) is 0 Å². The largest absolute Gasteiger partial charge is 0.328 e. The van der Waals surface area contributed by atoms with E-state index in [1.165, 1.54) is 210 Å². The van der Waals surface area contributed by atoms with Gasteiger partial charge in [-0.2, -0.15) is 0 Å². The molecule has 45 heavy (non-hydrogen) atoms. The van der Waals surface area contributed by atoms with Crippen molar-refractivity contribution < 1.29 is 4.48 Å². The molecule has 0 saturated heterocycles. The van der Waals surface area contributed by atoms with Gasteiger partial charge >= 0.3 is 0 Å². The Hall–Kier alpha value is -0.600. The average molecular weight is 632 g/mol. The number of rotatable bonds is 36. The zero-order valence-corrected chi connectivity index (χ0v) is 32.1. The molecule has 0 fully saturated rings. The summed E-state index contributed by atoms with van der Waals surface area (Å²) >= 11 is 0. The molecule has 0 heterocycles. The van der Waals surface area contributed by atoms with Crippen LogP contribution in [0.5, 0.6) is 0 Å². The van der Waals surface area contributed by atoms with Gasteiger partial charge in [0, 0.05) is 12.0 Å². The second kappa shape index (κ2) is 34.7. The van der Waals surface area contributed by atoms with E-state index >= 15 is 0 Å². The minimum absolute atomic E-state index is 0.328. The molecule has 0 aromatic carbocycles. The Morgan fingerprint density at radius 2 is 0.800 bits per heavy atom. The molecule has 0 radical (unpaired) electrons. The number of nitrogens with two attached hydrogens (primary N) is 1. The summed E-state index contributed by atoms with van der Waals surface area (Å²) < 4.78 is 1.17. The molecule has 0 aliphatic heterocycles. The molecule has 0 aromatic rings. The SMILES string of the molecule is CCCCCCCC/C=C\CCCCCCCCC(CC(C)N)C[N+](C)(C)CCCCCCCC/C=C\CCCCCCCC. The van der Waals surface area contributed by atoms with Crippen LogP contribution in [0.1, 0.15) is 213 Å². The van der Waals surface area contributed by atoms with Crippen LogP contribution in [-0.2, 0) is 0 Å². The Balaban J connectivity index is 3.80. The van der Waals surface area contributed by atoms with Crippen LogP contribution in [0.4, 0.5) is 0 Å². The smallest absolute Gasteiger partial charge is 0.0811 e. The van der Waals surface area contributed by atoms with Gasteiger partial charge in [0.05, 0.1) is 27.2 Å². The molecule has 0 saturated carbocycles. The third-order valence-corrected chi connectivity index (χ3v) is 9.86. The molecule has 0 aromatic heterocycles. The van der Waals surface area contributed by atoms with Crippen molar-refractivity contribution in [3.05, 3.63) is 24.3 Å². The van der Waals surface area contributed by atoms with Crippen LogP contribution in [0, 0.1) is 5.92 Å². The Morgan fingerprint density at radius 3 is 1.18 bits per heavy atom. The Labute approximate surface area is 286 Å². The van der Waals surface area contributed by atoms with Crippen molar-refractivity contribution in [2.75, 3.05) is 27.2 Å². The third-order valence-electron chi connectivity index (χ3n) is 9.86. The van der Waals surface area contributed by atoms with Crippen molar-refractivity contribution in [3.8, 4) is 0 Å². The van der Waals surface area contributed by atoms with Crippen LogP contribution in [-0.4, -0.2) is 37.7 Å². The molecular formula is C43H87N2+. The number of hydrogen-bond donors (Lipinski definition) is 1. The van der Waals surface area contributed by atoms with Crippen molar-refractivity contribution in [1.29, 1.82) is 0 Å². The Bertz CT molecular complexity index is 619. The van der Waals surface area contributed by atoms with E-state index in [9.17, 15) is 0 Å². The van der Waals surface area contributed by atoms with Crippen LogP contribution >= 0.6 is 0 Å². The predicted molar refractivity (Wildman–Crippen MR) is 207 cm³/mol. The summed E-state index contributed by atoms with van der Waals surface area (Å²) in [5, 5.41) is 0. The van der Waals surface area contributed by atoms with Gasteiger partial charge in [-0.15, -0.1) is 0 Å². The topological polar surface area (TPSA) is 26.0 Å². The van der Waals surface area contributed by atoms with Crippen molar-refractivity contribution in [1.82, 2.24) is 0 Å². The van der Waals surface area contributed by atoms with Gasteiger partial charge in [0.2, 0.25) is 0 Å². The summed E-state index contributed by atoms with van der Waals surface area (Å²) in [6.07, 6.45) is 51.2. The number of hydrogen-bond acceptors (Lipinski definition) is 1. The molecule has 2 heteroatoms. The molecule has 0 rings (SSSR count). The minimum atomic E-state index is 0.328. The second-order valence-corrected chi connectivity index (χ2v) is 15.6. The normalized spacial score (nSPS) is 13.8. The molecule has 268 valence electrons. The van der Waals surface area contributed by atoms with Gasteiger partial charge in [0.25, 0.3) is 0 Å². The van der Waals surface area contributed by atoms with Crippen molar-refractivity contribution in [2.45, 2.75) is 219 Å². The van der Waals surface area contributed by atoms with Crippen LogP contribution < -0.4 is 5.73 Å². The van der Waals surface area contributed by atoms with E-state index in [1.54, 1.807) is 0 Å². The van der Waals surface area contributed by atoms with Gasteiger partial charge in [-0.1, -0.05) is 154 Å². The van der Waals surface area contributed by atoms with E-state index in [1.807, 2.05) is 0 Å². The molecule has 0 amide bonds. The lowest BCUT2D eigenvalue weighted by Gasteiger charge is -2.34. The average Bonchev–Trinajstić information content (AvgIpc) is 3.00. The number of quaternary nitrogens is 1. The van der Waals surface area contributed by atoms with E-state index in [4.69, 9.17) is 5.73 Å². The first-order chi connectivity index (χ1) is 21.9. The molecular weight excluding hydrogens is 544 g/mol. The highest BCUT2D eigenvalue weighted by molar-refractivity contribution is 4.82. The van der Waals surface area contributed by atoms with Gasteiger partial charge in [0.1, 0.15) is 0 Å². The lowest BCUT2D eigenvalue weighted by atomic mass is 9.93. The predicted octanol–water partition coefficient (Wildman–Crippen LogP) is 13.9. The summed E-state index contributed by atoms with van der Waals surface area (Å²) in [4.78, 5) is 0. The van der Waals surface area contributed by atoms with Crippen LogP contribution in [0.2, 0.25) is 0 Å². The van der Waals surface area contributed by atoms with E-state index in [0.29, 0.717) is 6.04 Å². The van der Waals surface area contributed by atoms with Crippen LogP contribution in [0.25, 0.3) is 0 Å². The maximum Gasteiger partial charge on any atom is 0.0811 e. The summed E-state index contributed by atoms with van der Waals surface area (Å²) in [5.41, 5.74) is 6.30. The van der Waals surface area contributed by atoms with E-state index in [2.05, 4.69) is 59.2 Å². The summed E-state index contributed by atoms with van der Waals surface area (Å²) in [6, 6.07) is 0.328. The molecule has 2 N–H and O–H groups in total. The van der Waals surface area contributed by atoms with E-state index in [0.717, 1.165) is 5.92 Å². The lowest BCUT2D eigenvalue weighted by molar-refractivity contribution is -0.894. The van der Waals surface area contributed by atoms with Crippen molar-refractivity contribution in [2.24, 2.45) is 11.7 Å². The number of allylic oxidation sites excluding steroid dienone is 4. The summed E-state index contributed by atoms with van der Waals surface area (Å²) in [5.74, 6) is 0.783. The highest BCUT2D eigenvalue weighted by Crippen LogP contribution is 2.21. The van der Waals surface area contributed by atoms with Gasteiger partial charge in [-0.05, 0) is 84.0 Å². The molecule has 0 bridgehead atoms. The van der Waals surface area contributed by atoms with Crippen molar-refractivity contribution >= 4 is 0 Å². The summed E-state index contributed by atoms with van der Waals surface area (Å²) in [6.45, 7) is 9.43. The highest BCUT2D eigenvalue weighted by Gasteiger charge is 2.22. The number of nitrogens with zero attached hydrogens (tertiary/aromatic N) is 1. The zero-order chi connectivity index (χ0) is 33.1. The second-order valence-electron chi connectivity index (χ2n) is 15.6. The molecule has 0 aliphatic carbocycles. The van der Waals surface area contributed by atoms with E-state index in [-0.39, 0.29) is 0 Å². The zero-order valence-electron chi connectivity index (χ0n) is 32.1. The first-order valence-electron chi connectivity index (χ1n) is 20.8. The monoisotopic (exact) mass is 632 g/mol. The fourth-order valence-electron chi connectivity index (χ4n) is 7.07. The van der Waals surface area contributed by atoms with Crippen LogP contribution in [0.15, 0.2) is 24.3 Å². The molecule has 0 aliphatic rings. The van der Waals surface area contributed by atoms with Crippen LogP contribution in [0.3, 0.4) is 0 Å². The van der Waals surface area contributed by atoms with Gasteiger partial charge in [-0.25, -0.2) is 0 Å². The van der Waals surface area contributed by atoms with E-state index < -0.39 is 0 Å². The lowest BCUT2D eigenvalue weighted by Crippen LogP contribution is -2.45. The molecule has 0 spiro atoms. The first kappa shape index (κ1) is 44.4.